The molecule has 1 fully saturated rings. The van der Waals surface area contributed by atoms with Gasteiger partial charge in [-0.2, -0.15) is 0 Å². The maximum absolute atomic E-state index is 5.76. The fourth-order valence-corrected chi connectivity index (χ4v) is 4.18. The van der Waals surface area contributed by atoms with Gasteiger partial charge in [0.2, 0.25) is 0 Å². The summed E-state index contributed by atoms with van der Waals surface area (Å²) < 4.78 is 5.76. The number of anilines is 1. The third-order valence-corrected chi connectivity index (χ3v) is 5.80. The van der Waals surface area contributed by atoms with Gasteiger partial charge in [-0.15, -0.1) is 0 Å². The van der Waals surface area contributed by atoms with E-state index in [1.165, 1.54) is 44.5 Å². The van der Waals surface area contributed by atoms with Crippen LogP contribution in [0.15, 0.2) is 30.5 Å². The first-order valence-electron chi connectivity index (χ1n) is 11.1. The molecular formula is C23H33N5O. The summed E-state index contributed by atoms with van der Waals surface area (Å²) in [7, 11) is 0. The van der Waals surface area contributed by atoms with Crippen molar-refractivity contribution in [3.8, 4) is 17.1 Å². The molecule has 0 bridgehead atoms. The zero-order valence-corrected chi connectivity index (χ0v) is 17.6. The second kappa shape index (κ2) is 10.0. The molecular weight excluding hydrogens is 362 g/mol. The Morgan fingerprint density at radius 2 is 1.90 bits per heavy atom. The molecule has 0 saturated carbocycles. The monoisotopic (exact) mass is 395 g/mol. The lowest BCUT2D eigenvalue weighted by Crippen LogP contribution is -2.28. The van der Waals surface area contributed by atoms with Crippen molar-refractivity contribution in [2.24, 2.45) is 0 Å². The summed E-state index contributed by atoms with van der Waals surface area (Å²) in [6, 6.07) is 8.12. The van der Waals surface area contributed by atoms with Crippen molar-refractivity contribution in [1.82, 2.24) is 20.2 Å². The fourth-order valence-electron chi connectivity index (χ4n) is 4.18. The predicted octanol–water partition coefficient (Wildman–Crippen LogP) is 2.98. The molecule has 1 N–H and O–H groups in total. The van der Waals surface area contributed by atoms with Crippen LogP contribution in [0, 0.1) is 0 Å². The molecule has 4 rings (SSSR count). The molecule has 6 heteroatoms. The van der Waals surface area contributed by atoms with Gasteiger partial charge in [0, 0.05) is 37.0 Å². The largest absolute Gasteiger partial charge is 0.492 e. The summed E-state index contributed by atoms with van der Waals surface area (Å²) in [5.74, 6) is 2.81. The van der Waals surface area contributed by atoms with Gasteiger partial charge >= 0.3 is 0 Å². The van der Waals surface area contributed by atoms with Crippen molar-refractivity contribution >= 4 is 5.82 Å². The summed E-state index contributed by atoms with van der Waals surface area (Å²) >= 11 is 0. The first kappa shape index (κ1) is 20.1. The number of hydrogen-bond acceptors (Lipinski definition) is 6. The average Bonchev–Trinajstić information content (AvgIpc) is 3.42. The molecule has 29 heavy (non-hydrogen) atoms. The van der Waals surface area contributed by atoms with Gasteiger partial charge in [-0.25, -0.2) is 9.97 Å². The number of likely N-dealkylation sites (N-methyl/N-ethyl adjacent to an activating group) is 1. The molecule has 0 aliphatic carbocycles. The summed E-state index contributed by atoms with van der Waals surface area (Å²) in [6.45, 7) is 10.5. The topological polar surface area (TPSA) is 53.5 Å². The van der Waals surface area contributed by atoms with E-state index in [-0.39, 0.29) is 0 Å². The molecule has 1 saturated heterocycles. The summed E-state index contributed by atoms with van der Waals surface area (Å²) in [5.41, 5.74) is 2.31. The minimum Gasteiger partial charge on any atom is -0.492 e. The van der Waals surface area contributed by atoms with E-state index < -0.39 is 0 Å². The fraction of sp³-hybridized carbons (Fsp3) is 0.565. The van der Waals surface area contributed by atoms with Gasteiger partial charge in [0.05, 0.1) is 0 Å². The normalized spacial score (nSPS) is 16.4. The highest BCUT2D eigenvalue weighted by atomic mass is 16.5. The lowest BCUT2D eigenvalue weighted by atomic mass is 10.2. The molecule has 0 amide bonds. The van der Waals surface area contributed by atoms with Crippen LogP contribution in [0.1, 0.15) is 31.7 Å². The number of benzene rings is 1. The van der Waals surface area contributed by atoms with Gasteiger partial charge in [0.25, 0.3) is 0 Å². The number of nitrogens with zero attached hydrogens (tertiary/aromatic N) is 4. The van der Waals surface area contributed by atoms with Crippen LogP contribution < -0.4 is 15.0 Å². The minimum absolute atomic E-state index is 0.676. The maximum atomic E-state index is 5.76. The molecule has 2 aliphatic rings. The number of fused-ring (bicyclic) bond motifs is 1. The number of aromatic nitrogens is 2. The minimum atomic E-state index is 0.676. The van der Waals surface area contributed by atoms with Crippen LogP contribution in [0.5, 0.6) is 5.75 Å². The van der Waals surface area contributed by atoms with E-state index in [4.69, 9.17) is 9.72 Å². The zero-order valence-electron chi connectivity index (χ0n) is 17.6. The van der Waals surface area contributed by atoms with E-state index in [1.54, 1.807) is 0 Å². The number of likely N-dealkylation sites (tertiary alicyclic amines) is 1. The van der Waals surface area contributed by atoms with Crippen LogP contribution in [-0.2, 0) is 6.42 Å². The lowest BCUT2D eigenvalue weighted by molar-refractivity contribution is 0.315. The van der Waals surface area contributed by atoms with E-state index in [2.05, 4.69) is 39.2 Å². The van der Waals surface area contributed by atoms with Gasteiger partial charge in [-0.1, -0.05) is 6.92 Å². The van der Waals surface area contributed by atoms with Crippen LogP contribution in [0.25, 0.3) is 11.4 Å². The smallest absolute Gasteiger partial charge is 0.161 e. The number of hydrogen-bond donors (Lipinski definition) is 1. The first-order valence-corrected chi connectivity index (χ1v) is 11.1. The third-order valence-electron chi connectivity index (χ3n) is 5.80. The molecule has 6 nitrogen and oxygen atoms in total. The Bertz CT molecular complexity index is 773. The second-order valence-electron chi connectivity index (χ2n) is 7.91. The summed E-state index contributed by atoms with van der Waals surface area (Å²) in [6.07, 6.45) is 7.00. The molecule has 2 aliphatic heterocycles. The molecule has 3 heterocycles. The van der Waals surface area contributed by atoms with Crippen molar-refractivity contribution in [3.63, 3.8) is 0 Å². The van der Waals surface area contributed by atoms with Gasteiger partial charge in [-0.05, 0) is 76.1 Å². The SMILES string of the molecule is CCNCCOc1ccc(-c2ncc3c(n2)N(CCCN2CCCC2)CC3)cc1. The Labute approximate surface area is 174 Å². The van der Waals surface area contributed by atoms with Gasteiger partial charge in [-0.3, -0.25) is 0 Å². The predicted molar refractivity (Wildman–Crippen MR) is 118 cm³/mol. The highest BCUT2D eigenvalue weighted by molar-refractivity contribution is 5.61. The maximum Gasteiger partial charge on any atom is 0.161 e. The van der Waals surface area contributed by atoms with Crippen LogP contribution in [0.2, 0.25) is 0 Å². The van der Waals surface area contributed by atoms with Crippen molar-refractivity contribution in [1.29, 1.82) is 0 Å². The van der Waals surface area contributed by atoms with E-state index in [1.807, 2.05) is 18.3 Å². The third kappa shape index (κ3) is 5.25. The van der Waals surface area contributed by atoms with Crippen LogP contribution in [-0.4, -0.2) is 67.3 Å². The van der Waals surface area contributed by atoms with Crippen molar-refractivity contribution in [2.45, 2.75) is 32.6 Å². The Balaban J connectivity index is 1.35. The summed E-state index contributed by atoms with van der Waals surface area (Å²) in [5, 5.41) is 3.26. The highest BCUT2D eigenvalue weighted by Gasteiger charge is 2.22. The first-order chi connectivity index (χ1) is 14.3. The van der Waals surface area contributed by atoms with Crippen LogP contribution in [0.3, 0.4) is 0 Å². The standard InChI is InChI=1S/C23H33N5O/c1-2-24-11-17-29-21-8-6-19(7-9-21)22-25-18-20-10-16-28(23(20)26-22)15-5-14-27-12-3-4-13-27/h6-9,18,24H,2-5,10-17H2,1H3. The Morgan fingerprint density at radius 1 is 1.07 bits per heavy atom. The lowest BCUT2D eigenvalue weighted by Gasteiger charge is -2.21. The van der Waals surface area contributed by atoms with Crippen LogP contribution >= 0.6 is 0 Å². The quantitative estimate of drug-likeness (QED) is 0.624. The number of rotatable bonds is 10. The summed E-state index contributed by atoms with van der Waals surface area (Å²) in [4.78, 5) is 14.6. The van der Waals surface area contributed by atoms with E-state index in [0.717, 1.165) is 55.6 Å². The zero-order chi connectivity index (χ0) is 19.9. The van der Waals surface area contributed by atoms with Crippen molar-refractivity contribution in [2.75, 3.05) is 57.3 Å². The Kier molecular flexibility index (Phi) is 6.96. The van der Waals surface area contributed by atoms with E-state index >= 15 is 0 Å². The number of nitrogens with one attached hydrogen (secondary N) is 1. The van der Waals surface area contributed by atoms with Crippen LogP contribution in [0.4, 0.5) is 5.82 Å². The molecule has 1 aromatic heterocycles. The molecule has 0 atom stereocenters. The molecule has 0 spiro atoms. The van der Waals surface area contributed by atoms with Gasteiger partial charge < -0.3 is 19.9 Å². The molecule has 2 aromatic rings. The van der Waals surface area contributed by atoms with E-state index in [0.29, 0.717) is 6.61 Å². The van der Waals surface area contributed by atoms with Gasteiger partial charge in [0.15, 0.2) is 5.82 Å². The Hall–Kier alpha value is -2.18. The molecule has 156 valence electrons. The molecule has 0 unspecified atom stereocenters. The van der Waals surface area contributed by atoms with E-state index in [9.17, 15) is 0 Å². The van der Waals surface area contributed by atoms with Crippen molar-refractivity contribution in [3.05, 3.63) is 36.0 Å². The Morgan fingerprint density at radius 3 is 2.69 bits per heavy atom. The molecule has 0 radical (unpaired) electrons. The molecule has 1 aromatic carbocycles. The average molecular weight is 396 g/mol. The van der Waals surface area contributed by atoms with Crippen molar-refractivity contribution < 1.29 is 4.74 Å². The second-order valence-corrected chi connectivity index (χ2v) is 7.91. The number of ether oxygens (including phenoxy) is 1. The highest BCUT2D eigenvalue weighted by Crippen LogP contribution is 2.28. The van der Waals surface area contributed by atoms with Gasteiger partial charge in [0.1, 0.15) is 18.2 Å².